The zero-order chi connectivity index (χ0) is 14.7. The van der Waals surface area contributed by atoms with Gasteiger partial charge in [0.25, 0.3) is 0 Å². The second-order valence-corrected chi connectivity index (χ2v) is 6.71. The van der Waals surface area contributed by atoms with E-state index in [1.165, 1.54) is 0 Å². The maximum atomic E-state index is 10.6. The number of hydrogen-bond acceptors (Lipinski definition) is 2. The molecule has 5 heteroatoms. The fourth-order valence-electron chi connectivity index (χ4n) is 2.14. The van der Waals surface area contributed by atoms with Gasteiger partial charge in [-0.3, -0.25) is 0 Å². The largest absolute Gasteiger partial charge is 0.388 e. The van der Waals surface area contributed by atoms with E-state index in [2.05, 4.69) is 31.9 Å². The summed E-state index contributed by atoms with van der Waals surface area (Å²) >= 11 is 12.9. The van der Waals surface area contributed by atoms with Crippen LogP contribution in [0.25, 0.3) is 0 Å². The molecule has 2 rings (SSSR count). The van der Waals surface area contributed by atoms with E-state index < -0.39 is 6.10 Å². The molecule has 0 spiro atoms. The Labute approximate surface area is 140 Å². The maximum absolute atomic E-state index is 10.6. The number of rotatable bonds is 4. The molecule has 0 aromatic heterocycles. The summed E-state index contributed by atoms with van der Waals surface area (Å²) in [7, 11) is 0. The Hall–Kier alpha value is -0.390. The molecule has 0 aliphatic heterocycles. The van der Waals surface area contributed by atoms with E-state index in [1.807, 2.05) is 30.3 Å². The Balaban J connectivity index is 2.38. The van der Waals surface area contributed by atoms with Gasteiger partial charge in [0.1, 0.15) is 0 Å². The van der Waals surface area contributed by atoms with E-state index in [1.54, 1.807) is 12.1 Å². The molecule has 2 aromatic rings. The SMILES string of the molecule is NCC(c1cccc(Br)c1)C(O)c1cc(Cl)ccc1Br. The van der Waals surface area contributed by atoms with E-state index in [0.717, 1.165) is 20.1 Å². The molecule has 0 bridgehead atoms. The Kier molecular flexibility index (Phi) is 5.64. The van der Waals surface area contributed by atoms with Gasteiger partial charge in [0.2, 0.25) is 0 Å². The number of aliphatic hydroxyl groups is 1. The van der Waals surface area contributed by atoms with Gasteiger partial charge in [-0.1, -0.05) is 55.6 Å². The summed E-state index contributed by atoms with van der Waals surface area (Å²) in [4.78, 5) is 0. The van der Waals surface area contributed by atoms with Crippen molar-refractivity contribution >= 4 is 43.5 Å². The van der Waals surface area contributed by atoms with Crippen LogP contribution in [0.5, 0.6) is 0 Å². The predicted octanol–water partition coefficient (Wildman–Crippen LogP) is 4.64. The molecule has 0 amide bonds. The molecule has 0 saturated heterocycles. The monoisotopic (exact) mass is 417 g/mol. The minimum Gasteiger partial charge on any atom is -0.388 e. The number of hydrogen-bond donors (Lipinski definition) is 2. The van der Waals surface area contributed by atoms with Crippen molar-refractivity contribution in [3.05, 3.63) is 67.6 Å². The second-order valence-electron chi connectivity index (χ2n) is 4.51. The summed E-state index contributed by atoms with van der Waals surface area (Å²) in [5.74, 6) is -0.192. The highest BCUT2D eigenvalue weighted by Gasteiger charge is 2.23. The lowest BCUT2D eigenvalue weighted by Crippen LogP contribution is -2.20. The van der Waals surface area contributed by atoms with Crippen LogP contribution < -0.4 is 5.73 Å². The number of aliphatic hydroxyl groups excluding tert-OH is 1. The van der Waals surface area contributed by atoms with Gasteiger partial charge in [0, 0.05) is 26.4 Å². The molecule has 0 radical (unpaired) electrons. The molecule has 2 aromatic carbocycles. The highest BCUT2D eigenvalue weighted by molar-refractivity contribution is 9.10. The van der Waals surface area contributed by atoms with Gasteiger partial charge in [0.05, 0.1) is 6.10 Å². The second kappa shape index (κ2) is 7.05. The average Bonchev–Trinajstić information content (AvgIpc) is 2.42. The zero-order valence-electron chi connectivity index (χ0n) is 10.6. The van der Waals surface area contributed by atoms with Crippen LogP contribution in [-0.4, -0.2) is 11.7 Å². The molecule has 0 saturated carbocycles. The highest BCUT2D eigenvalue weighted by atomic mass is 79.9. The van der Waals surface area contributed by atoms with Crippen molar-refractivity contribution in [3.8, 4) is 0 Å². The van der Waals surface area contributed by atoms with Crippen molar-refractivity contribution in [2.75, 3.05) is 6.54 Å². The van der Waals surface area contributed by atoms with Gasteiger partial charge < -0.3 is 10.8 Å². The highest BCUT2D eigenvalue weighted by Crippen LogP contribution is 2.36. The minimum absolute atomic E-state index is 0.192. The molecular weight excluding hydrogens is 405 g/mol. The van der Waals surface area contributed by atoms with Crippen LogP contribution in [0.4, 0.5) is 0 Å². The van der Waals surface area contributed by atoms with Gasteiger partial charge in [0.15, 0.2) is 0 Å². The molecule has 106 valence electrons. The summed E-state index contributed by atoms with van der Waals surface area (Å²) in [5, 5.41) is 11.2. The Morgan fingerprint density at radius 3 is 2.55 bits per heavy atom. The van der Waals surface area contributed by atoms with Crippen LogP contribution >= 0.6 is 43.5 Å². The van der Waals surface area contributed by atoms with Crippen LogP contribution in [0.2, 0.25) is 5.02 Å². The summed E-state index contributed by atoms with van der Waals surface area (Å²) in [6, 6.07) is 13.2. The standard InChI is InChI=1S/C15H14Br2ClNO/c16-10-3-1-2-9(6-10)13(8-19)15(20)12-7-11(18)4-5-14(12)17/h1-7,13,15,20H,8,19H2. The molecule has 3 N–H and O–H groups in total. The smallest absolute Gasteiger partial charge is 0.0882 e. The quantitative estimate of drug-likeness (QED) is 0.758. The topological polar surface area (TPSA) is 46.2 Å². The molecular formula is C15H14Br2ClNO. The van der Waals surface area contributed by atoms with Crippen LogP contribution in [-0.2, 0) is 0 Å². The molecule has 2 unspecified atom stereocenters. The van der Waals surface area contributed by atoms with Crippen molar-refractivity contribution in [2.45, 2.75) is 12.0 Å². The van der Waals surface area contributed by atoms with E-state index in [-0.39, 0.29) is 5.92 Å². The van der Waals surface area contributed by atoms with Crippen molar-refractivity contribution in [3.63, 3.8) is 0 Å². The molecule has 0 fully saturated rings. The third-order valence-corrected chi connectivity index (χ3v) is 4.64. The lowest BCUT2D eigenvalue weighted by atomic mass is 9.89. The third-order valence-electron chi connectivity index (χ3n) is 3.19. The maximum Gasteiger partial charge on any atom is 0.0882 e. The van der Waals surface area contributed by atoms with Crippen molar-refractivity contribution in [1.29, 1.82) is 0 Å². The van der Waals surface area contributed by atoms with Crippen LogP contribution in [0.15, 0.2) is 51.4 Å². The molecule has 0 aliphatic rings. The van der Waals surface area contributed by atoms with Crippen molar-refractivity contribution in [2.24, 2.45) is 5.73 Å². The molecule has 0 aliphatic carbocycles. The summed E-state index contributed by atoms with van der Waals surface area (Å²) in [6.45, 7) is 0.344. The lowest BCUT2D eigenvalue weighted by molar-refractivity contribution is 0.146. The summed E-state index contributed by atoms with van der Waals surface area (Å²) < 4.78 is 1.79. The number of benzene rings is 2. The first-order valence-corrected chi connectivity index (χ1v) is 8.08. The average molecular weight is 420 g/mol. The van der Waals surface area contributed by atoms with E-state index in [9.17, 15) is 5.11 Å². The Morgan fingerprint density at radius 1 is 1.15 bits per heavy atom. The fourth-order valence-corrected chi connectivity index (χ4v) is 3.22. The van der Waals surface area contributed by atoms with Crippen LogP contribution in [0.1, 0.15) is 23.1 Å². The fraction of sp³-hybridized carbons (Fsp3) is 0.200. The minimum atomic E-state index is -0.720. The first-order valence-electron chi connectivity index (χ1n) is 6.11. The molecule has 2 nitrogen and oxygen atoms in total. The summed E-state index contributed by atoms with van der Waals surface area (Å²) in [6.07, 6.45) is -0.720. The Morgan fingerprint density at radius 2 is 1.90 bits per heavy atom. The summed E-state index contributed by atoms with van der Waals surface area (Å²) in [5.41, 5.74) is 7.59. The number of halogens is 3. The van der Waals surface area contributed by atoms with E-state index in [0.29, 0.717) is 11.6 Å². The van der Waals surface area contributed by atoms with Gasteiger partial charge >= 0.3 is 0 Å². The molecule has 0 heterocycles. The third kappa shape index (κ3) is 3.62. The lowest BCUT2D eigenvalue weighted by Gasteiger charge is -2.23. The molecule has 20 heavy (non-hydrogen) atoms. The van der Waals surface area contributed by atoms with Gasteiger partial charge in [-0.15, -0.1) is 0 Å². The van der Waals surface area contributed by atoms with E-state index in [4.69, 9.17) is 17.3 Å². The molecule has 2 atom stereocenters. The van der Waals surface area contributed by atoms with Crippen LogP contribution in [0.3, 0.4) is 0 Å². The zero-order valence-corrected chi connectivity index (χ0v) is 14.5. The number of nitrogens with two attached hydrogens (primary N) is 1. The normalized spacial score (nSPS) is 14.1. The van der Waals surface area contributed by atoms with Gasteiger partial charge in [-0.2, -0.15) is 0 Å². The van der Waals surface area contributed by atoms with Crippen molar-refractivity contribution in [1.82, 2.24) is 0 Å². The van der Waals surface area contributed by atoms with E-state index >= 15 is 0 Å². The van der Waals surface area contributed by atoms with Crippen molar-refractivity contribution < 1.29 is 5.11 Å². The first-order chi connectivity index (χ1) is 9.52. The predicted molar refractivity (Wildman–Crippen MR) is 90.0 cm³/mol. The first kappa shape index (κ1) is 16.0. The van der Waals surface area contributed by atoms with Gasteiger partial charge in [-0.05, 0) is 41.5 Å². The Bertz CT molecular complexity index is 606. The van der Waals surface area contributed by atoms with Gasteiger partial charge in [-0.25, -0.2) is 0 Å². The van der Waals surface area contributed by atoms with Crippen LogP contribution in [0, 0.1) is 0 Å².